The molecule has 94 valence electrons. The molecular weight excluding hydrogens is 198 g/mol. The number of piperidine rings is 1. The molecule has 0 aromatic rings. The monoisotopic (exact) mass is 225 g/mol. The van der Waals surface area contributed by atoms with Crippen LogP contribution in [0.4, 0.5) is 0 Å². The average molecular weight is 225 g/mol. The number of rotatable bonds is 6. The van der Waals surface area contributed by atoms with Gasteiger partial charge in [-0.2, -0.15) is 0 Å². The summed E-state index contributed by atoms with van der Waals surface area (Å²) in [6, 6.07) is 0. The molecule has 0 radical (unpaired) electrons. The minimum absolute atomic E-state index is 0.308. The topological polar surface area (TPSA) is 20.3 Å². The molecule has 1 aliphatic rings. The quantitative estimate of drug-likeness (QED) is 0.676. The van der Waals surface area contributed by atoms with Crippen LogP contribution in [-0.4, -0.2) is 23.9 Å². The molecule has 0 aliphatic carbocycles. The van der Waals surface area contributed by atoms with E-state index in [1.165, 1.54) is 32.1 Å². The number of carbonyl (C=O) groups is 1. The summed E-state index contributed by atoms with van der Waals surface area (Å²) >= 11 is 0. The van der Waals surface area contributed by atoms with Gasteiger partial charge >= 0.3 is 0 Å². The molecule has 1 saturated heterocycles. The lowest BCUT2D eigenvalue weighted by Crippen LogP contribution is -2.39. The Hall–Kier alpha value is -0.530. The molecule has 1 aliphatic heterocycles. The third kappa shape index (κ3) is 4.15. The molecule has 0 aromatic carbocycles. The Morgan fingerprint density at radius 3 is 2.31 bits per heavy atom. The van der Waals surface area contributed by atoms with E-state index < -0.39 is 0 Å². The number of carbonyl (C=O) groups excluding carboxylic acids is 1. The van der Waals surface area contributed by atoms with Crippen molar-refractivity contribution in [1.82, 2.24) is 4.90 Å². The molecule has 2 nitrogen and oxygen atoms in total. The van der Waals surface area contributed by atoms with Crippen LogP contribution >= 0.6 is 0 Å². The van der Waals surface area contributed by atoms with E-state index in [-0.39, 0.29) is 0 Å². The summed E-state index contributed by atoms with van der Waals surface area (Å²) in [5.41, 5.74) is 0. The van der Waals surface area contributed by atoms with Crippen molar-refractivity contribution in [3.05, 3.63) is 0 Å². The number of amides is 1. The van der Waals surface area contributed by atoms with E-state index in [1.807, 2.05) is 0 Å². The second-order valence-corrected chi connectivity index (χ2v) is 5.01. The number of unbranched alkanes of at least 4 members (excludes halogenated alkanes) is 1. The van der Waals surface area contributed by atoms with Crippen LogP contribution in [0.3, 0.4) is 0 Å². The van der Waals surface area contributed by atoms with Crippen molar-refractivity contribution in [3.63, 3.8) is 0 Å². The number of nitrogens with zero attached hydrogens (tertiary/aromatic N) is 1. The molecule has 0 N–H and O–H groups in total. The van der Waals surface area contributed by atoms with Gasteiger partial charge in [-0.3, -0.25) is 4.79 Å². The summed E-state index contributed by atoms with van der Waals surface area (Å²) in [6.07, 6.45) is 9.43. The first-order valence-corrected chi connectivity index (χ1v) is 7.08. The van der Waals surface area contributed by atoms with E-state index in [2.05, 4.69) is 18.7 Å². The largest absolute Gasteiger partial charge is 0.342 e. The van der Waals surface area contributed by atoms with Crippen LogP contribution in [0.1, 0.15) is 65.2 Å². The maximum Gasteiger partial charge on any atom is 0.225 e. The molecule has 0 bridgehead atoms. The van der Waals surface area contributed by atoms with Gasteiger partial charge in [0.05, 0.1) is 0 Å². The number of hydrogen-bond donors (Lipinski definition) is 0. The Kier molecular flexibility index (Phi) is 6.51. The zero-order valence-corrected chi connectivity index (χ0v) is 11.0. The summed E-state index contributed by atoms with van der Waals surface area (Å²) in [4.78, 5) is 14.4. The lowest BCUT2D eigenvalue weighted by molar-refractivity contribution is -0.137. The van der Waals surface area contributed by atoms with E-state index >= 15 is 0 Å². The van der Waals surface area contributed by atoms with Crippen LogP contribution in [0.25, 0.3) is 0 Å². The third-order valence-corrected chi connectivity index (χ3v) is 3.56. The summed E-state index contributed by atoms with van der Waals surface area (Å²) in [7, 11) is 0. The zero-order chi connectivity index (χ0) is 11.8. The summed E-state index contributed by atoms with van der Waals surface area (Å²) < 4.78 is 0. The zero-order valence-electron chi connectivity index (χ0n) is 11.0. The fourth-order valence-electron chi connectivity index (χ4n) is 2.56. The van der Waals surface area contributed by atoms with Crippen LogP contribution in [0.2, 0.25) is 0 Å². The van der Waals surface area contributed by atoms with Gasteiger partial charge in [-0.1, -0.05) is 33.1 Å². The van der Waals surface area contributed by atoms with E-state index in [0.29, 0.717) is 11.8 Å². The highest BCUT2D eigenvalue weighted by molar-refractivity contribution is 5.78. The van der Waals surface area contributed by atoms with Crippen LogP contribution < -0.4 is 0 Å². The van der Waals surface area contributed by atoms with E-state index in [9.17, 15) is 4.79 Å². The van der Waals surface area contributed by atoms with Gasteiger partial charge in [-0.15, -0.1) is 0 Å². The summed E-state index contributed by atoms with van der Waals surface area (Å²) in [5, 5.41) is 0. The fraction of sp³-hybridized carbons (Fsp3) is 0.929. The highest BCUT2D eigenvalue weighted by Crippen LogP contribution is 2.20. The van der Waals surface area contributed by atoms with Gasteiger partial charge in [0.2, 0.25) is 5.91 Å². The van der Waals surface area contributed by atoms with E-state index in [4.69, 9.17) is 0 Å². The predicted octanol–water partition coefficient (Wildman–Crippen LogP) is 3.61. The molecule has 0 saturated carbocycles. The molecule has 1 heterocycles. The summed E-state index contributed by atoms with van der Waals surface area (Å²) in [5.74, 6) is 0.748. The predicted molar refractivity (Wildman–Crippen MR) is 68.4 cm³/mol. The molecule has 1 atom stereocenters. The maximum atomic E-state index is 12.3. The molecule has 2 heteroatoms. The van der Waals surface area contributed by atoms with Gasteiger partial charge < -0.3 is 4.90 Å². The lowest BCUT2D eigenvalue weighted by Gasteiger charge is -2.30. The average Bonchev–Trinajstić information content (AvgIpc) is 2.35. The minimum atomic E-state index is 0.308. The smallest absolute Gasteiger partial charge is 0.225 e. The highest BCUT2D eigenvalue weighted by atomic mass is 16.2. The second kappa shape index (κ2) is 7.70. The molecule has 1 fully saturated rings. The lowest BCUT2D eigenvalue weighted by atomic mass is 9.94. The van der Waals surface area contributed by atoms with Gasteiger partial charge in [0.25, 0.3) is 0 Å². The van der Waals surface area contributed by atoms with Crippen molar-refractivity contribution in [1.29, 1.82) is 0 Å². The standard InChI is InChI=1S/C14H27NO/c1-3-5-10-13(9-4-2)14(16)15-11-7-6-8-12-15/h13H,3-12H2,1-2H3. The molecule has 1 unspecified atom stereocenters. The second-order valence-electron chi connectivity index (χ2n) is 5.01. The SMILES string of the molecule is CCCCC(CCC)C(=O)N1CCCCC1. The van der Waals surface area contributed by atoms with Gasteiger partial charge in [0.1, 0.15) is 0 Å². The first kappa shape index (κ1) is 13.5. The Balaban J connectivity index is 2.44. The molecule has 0 aromatic heterocycles. The van der Waals surface area contributed by atoms with Gasteiger partial charge in [0.15, 0.2) is 0 Å². The Morgan fingerprint density at radius 2 is 1.75 bits per heavy atom. The van der Waals surface area contributed by atoms with Crippen LogP contribution in [0.15, 0.2) is 0 Å². The van der Waals surface area contributed by atoms with E-state index in [0.717, 1.165) is 32.4 Å². The van der Waals surface area contributed by atoms with Gasteiger partial charge in [-0.05, 0) is 32.1 Å². The molecule has 1 amide bonds. The first-order chi connectivity index (χ1) is 7.79. The van der Waals surface area contributed by atoms with Crippen molar-refractivity contribution in [2.75, 3.05) is 13.1 Å². The van der Waals surface area contributed by atoms with Gasteiger partial charge in [-0.25, -0.2) is 0 Å². The molecule has 0 spiro atoms. The Morgan fingerprint density at radius 1 is 1.06 bits per heavy atom. The van der Waals surface area contributed by atoms with Crippen LogP contribution in [0, 0.1) is 5.92 Å². The molecule has 1 rings (SSSR count). The normalized spacial score (nSPS) is 18.5. The van der Waals surface area contributed by atoms with Crippen molar-refractivity contribution in [2.45, 2.75) is 65.2 Å². The summed E-state index contributed by atoms with van der Waals surface area (Å²) in [6.45, 7) is 6.40. The molecule has 16 heavy (non-hydrogen) atoms. The van der Waals surface area contributed by atoms with Crippen molar-refractivity contribution >= 4 is 5.91 Å². The minimum Gasteiger partial charge on any atom is -0.342 e. The third-order valence-electron chi connectivity index (χ3n) is 3.56. The van der Waals surface area contributed by atoms with Crippen LogP contribution in [0.5, 0.6) is 0 Å². The van der Waals surface area contributed by atoms with Crippen LogP contribution in [-0.2, 0) is 4.79 Å². The molecular formula is C14H27NO. The Bertz CT molecular complexity index is 197. The maximum absolute atomic E-state index is 12.3. The van der Waals surface area contributed by atoms with Crippen molar-refractivity contribution in [2.24, 2.45) is 5.92 Å². The first-order valence-electron chi connectivity index (χ1n) is 7.08. The van der Waals surface area contributed by atoms with Crippen molar-refractivity contribution in [3.8, 4) is 0 Å². The fourth-order valence-corrected chi connectivity index (χ4v) is 2.56. The highest BCUT2D eigenvalue weighted by Gasteiger charge is 2.24. The Labute approximate surface area is 100 Å². The van der Waals surface area contributed by atoms with E-state index in [1.54, 1.807) is 0 Å². The number of likely N-dealkylation sites (tertiary alicyclic amines) is 1. The van der Waals surface area contributed by atoms with Gasteiger partial charge in [0, 0.05) is 19.0 Å². The van der Waals surface area contributed by atoms with Crippen molar-refractivity contribution < 1.29 is 4.79 Å². The number of hydrogen-bond acceptors (Lipinski definition) is 1.